The van der Waals surface area contributed by atoms with Gasteiger partial charge < -0.3 is 5.32 Å². The van der Waals surface area contributed by atoms with Gasteiger partial charge in [-0.1, -0.05) is 23.7 Å². The molecule has 116 valence electrons. The molecule has 1 aromatic carbocycles. The standard InChI is InChI=1S/C17H13ClFN3O/c1-11-5-6-12(19)10-13(11)20-16(23)8-7-14-17(18)21-15-4-2-3-9-22(14)15/h2-10H,1H3,(H,20,23)/b8-7+. The molecule has 0 atom stereocenters. The maximum atomic E-state index is 13.2. The van der Waals surface area contributed by atoms with Gasteiger partial charge in [-0.05, 0) is 42.8 Å². The molecular weight excluding hydrogens is 317 g/mol. The van der Waals surface area contributed by atoms with E-state index in [4.69, 9.17) is 11.6 Å². The summed E-state index contributed by atoms with van der Waals surface area (Å²) in [5.74, 6) is -0.777. The molecule has 0 saturated heterocycles. The van der Waals surface area contributed by atoms with Crippen LogP contribution in [0.3, 0.4) is 0 Å². The fourth-order valence-electron chi connectivity index (χ4n) is 2.19. The molecule has 0 radical (unpaired) electrons. The monoisotopic (exact) mass is 329 g/mol. The summed E-state index contributed by atoms with van der Waals surface area (Å²) in [6.45, 7) is 1.79. The summed E-state index contributed by atoms with van der Waals surface area (Å²) in [6.07, 6.45) is 4.72. The summed E-state index contributed by atoms with van der Waals surface area (Å²) >= 11 is 6.09. The Labute approximate surface area is 137 Å². The van der Waals surface area contributed by atoms with Crippen molar-refractivity contribution < 1.29 is 9.18 Å². The Balaban J connectivity index is 1.83. The van der Waals surface area contributed by atoms with Gasteiger partial charge in [0.25, 0.3) is 0 Å². The highest BCUT2D eigenvalue weighted by atomic mass is 35.5. The molecule has 0 spiro atoms. The van der Waals surface area contributed by atoms with Crippen molar-refractivity contribution in [3.05, 3.63) is 70.9 Å². The number of hydrogen-bond donors (Lipinski definition) is 1. The summed E-state index contributed by atoms with van der Waals surface area (Å²) in [5, 5.41) is 2.95. The van der Waals surface area contributed by atoms with Gasteiger partial charge >= 0.3 is 0 Å². The predicted molar refractivity (Wildman–Crippen MR) is 89.0 cm³/mol. The van der Waals surface area contributed by atoms with Crippen LogP contribution in [0.2, 0.25) is 5.15 Å². The second-order valence-corrected chi connectivity index (χ2v) is 5.36. The predicted octanol–water partition coefficient (Wildman–Crippen LogP) is 4.09. The third-order valence-corrected chi connectivity index (χ3v) is 3.65. The number of hydrogen-bond acceptors (Lipinski definition) is 2. The second kappa shape index (κ2) is 6.22. The van der Waals surface area contributed by atoms with Gasteiger partial charge in [-0.25, -0.2) is 9.37 Å². The number of imidazole rings is 1. The van der Waals surface area contributed by atoms with Crippen molar-refractivity contribution >= 4 is 34.9 Å². The Morgan fingerprint density at radius 1 is 1.35 bits per heavy atom. The Hall–Kier alpha value is -2.66. The van der Waals surface area contributed by atoms with Gasteiger partial charge in [0.2, 0.25) is 5.91 Å². The van der Waals surface area contributed by atoms with Crippen molar-refractivity contribution in [2.45, 2.75) is 6.92 Å². The summed E-state index contributed by atoms with van der Waals surface area (Å²) in [7, 11) is 0. The van der Waals surface area contributed by atoms with Crippen LogP contribution in [0.25, 0.3) is 11.7 Å². The molecule has 1 N–H and O–H groups in total. The van der Waals surface area contributed by atoms with Crippen molar-refractivity contribution in [1.82, 2.24) is 9.38 Å². The normalized spacial score (nSPS) is 11.3. The minimum atomic E-state index is -0.403. The van der Waals surface area contributed by atoms with Gasteiger partial charge in [0.05, 0.1) is 5.69 Å². The summed E-state index contributed by atoms with van der Waals surface area (Å²) in [4.78, 5) is 16.2. The molecule has 1 amide bonds. The van der Waals surface area contributed by atoms with Crippen LogP contribution in [0.15, 0.2) is 48.7 Å². The van der Waals surface area contributed by atoms with Crippen LogP contribution in [0, 0.1) is 12.7 Å². The Morgan fingerprint density at radius 2 is 2.17 bits per heavy atom. The van der Waals surface area contributed by atoms with Gasteiger partial charge in [0.15, 0.2) is 5.15 Å². The van der Waals surface area contributed by atoms with Crippen LogP contribution in [-0.4, -0.2) is 15.3 Å². The lowest BCUT2D eigenvalue weighted by Crippen LogP contribution is -2.09. The number of amides is 1. The van der Waals surface area contributed by atoms with Crippen molar-refractivity contribution in [3.63, 3.8) is 0 Å². The first-order valence-electron chi connectivity index (χ1n) is 6.92. The minimum Gasteiger partial charge on any atom is -0.322 e. The highest BCUT2D eigenvalue weighted by Crippen LogP contribution is 2.19. The topological polar surface area (TPSA) is 46.4 Å². The molecule has 0 aliphatic carbocycles. The maximum absolute atomic E-state index is 13.2. The van der Waals surface area contributed by atoms with E-state index in [0.29, 0.717) is 22.2 Å². The Morgan fingerprint density at radius 3 is 3.00 bits per heavy atom. The molecule has 23 heavy (non-hydrogen) atoms. The highest BCUT2D eigenvalue weighted by molar-refractivity contribution is 6.31. The molecular formula is C17H13ClFN3O. The van der Waals surface area contributed by atoms with E-state index in [-0.39, 0.29) is 5.91 Å². The van der Waals surface area contributed by atoms with Crippen molar-refractivity contribution in [2.24, 2.45) is 0 Å². The number of fused-ring (bicyclic) bond motifs is 1. The minimum absolute atomic E-state index is 0.308. The number of aryl methyl sites for hydroxylation is 1. The molecule has 0 saturated carbocycles. The van der Waals surface area contributed by atoms with E-state index < -0.39 is 5.82 Å². The van der Waals surface area contributed by atoms with Crippen molar-refractivity contribution in [3.8, 4) is 0 Å². The second-order valence-electron chi connectivity index (χ2n) is 5.00. The number of nitrogens with zero attached hydrogens (tertiary/aromatic N) is 2. The Kier molecular flexibility index (Phi) is 4.12. The van der Waals surface area contributed by atoms with Crippen LogP contribution >= 0.6 is 11.6 Å². The van der Waals surface area contributed by atoms with Gasteiger partial charge in [-0.15, -0.1) is 0 Å². The number of pyridine rings is 1. The lowest BCUT2D eigenvalue weighted by molar-refractivity contribution is -0.111. The average molecular weight is 330 g/mol. The first-order chi connectivity index (χ1) is 11.0. The largest absolute Gasteiger partial charge is 0.322 e. The number of rotatable bonds is 3. The average Bonchev–Trinajstić information content (AvgIpc) is 2.84. The van der Waals surface area contributed by atoms with Crippen LogP contribution in [-0.2, 0) is 4.79 Å². The van der Waals surface area contributed by atoms with E-state index in [2.05, 4.69) is 10.3 Å². The van der Waals surface area contributed by atoms with Crippen LogP contribution in [0.4, 0.5) is 10.1 Å². The number of carbonyl (C=O) groups excluding carboxylic acids is 1. The third kappa shape index (κ3) is 3.24. The van der Waals surface area contributed by atoms with Gasteiger partial charge in [-0.3, -0.25) is 9.20 Å². The molecule has 0 aliphatic rings. The fraction of sp³-hybridized carbons (Fsp3) is 0.0588. The van der Waals surface area contributed by atoms with Crippen LogP contribution in [0.5, 0.6) is 0 Å². The number of halogens is 2. The molecule has 3 aromatic rings. The SMILES string of the molecule is Cc1ccc(F)cc1NC(=O)/C=C/c1c(Cl)nc2ccccn12. The quantitative estimate of drug-likeness (QED) is 0.736. The van der Waals surface area contributed by atoms with E-state index in [1.807, 2.05) is 24.4 Å². The lowest BCUT2D eigenvalue weighted by atomic mass is 10.2. The van der Waals surface area contributed by atoms with Crippen molar-refractivity contribution in [2.75, 3.05) is 5.32 Å². The van der Waals surface area contributed by atoms with Gasteiger partial charge in [0.1, 0.15) is 11.5 Å². The Bertz CT molecular complexity index is 917. The van der Waals surface area contributed by atoms with E-state index in [1.54, 1.807) is 23.5 Å². The van der Waals surface area contributed by atoms with E-state index in [9.17, 15) is 9.18 Å². The van der Waals surface area contributed by atoms with Crippen molar-refractivity contribution in [1.29, 1.82) is 0 Å². The van der Waals surface area contributed by atoms with E-state index in [1.165, 1.54) is 18.2 Å². The zero-order valence-corrected chi connectivity index (χ0v) is 13.0. The smallest absolute Gasteiger partial charge is 0.248 e. The first kappa shape index (κ1) is 15.2. The van der Waals surface area contributed by atoms with Gasteiger partial charge in [0, 0.05) is 18.0 Å². The molecule has 4 nitrogen and oxygen atoms in total. The zero-order chi connectivity index (χ0) is 16.4. The highest BCUT2D eigenvalue weighted by Gasteiger charge is 2.08. The molecule has 0 fully saturated rings. The lowest BCUT2D eigenvalue weighted by Gasteiger charge is -2.06. The van der Waals surface area contributed by atoms with E-state index in [0.717, 1.165) is 5.56 Å². The molecule has 2 aromatic heterocycles. The molecule has 3 rings (SSSR count). The van der Waals surface area contributed by atoms with Crippen LogP contribution in [0.1, 0.15) is 11.3 Å². The summed E-state index contributed by atoms with van der Waals surface area (Å²) in [5.41, 5.74) is 2.51. The molecule has 2 heterocycles. The molecule has 0 aliphatic heterocycles. The zero-order valence-electron chi connectivity index (χ0n) is 12.3. The summed E-state index contributed by atoms with van der Waals surface area (Å²) in [6, 6.07) is 9.75. The van der Waals surface area contributed by atoms with Gasteiger partial charge in [-0.2, -0.15) is 0 Å². The number of benzene rings is 1. The molecule has 0 bridgehead atoms. The number of aromatic nitrogens is 2. The maximum Gasteiger partial charge on any atom is 0.248 e. The van der Waals surface area contributed by atoms with Crippen LogP contribution < -0.4 is 5.32 Å². The number of nitrogens with one attached hydrogen (secondary N) is 1. The number of carbonyl (C=O) groups is 1. The fourth-order valence-corrected chi connectivity index (χ4v) is 2.43. The van der Waals surface area contributed by atoms with E-state index >= 15 is 0 Å². The molecule has 0 unspecified atom stereocenters. The first-order valence-corrected chi connectivity index (χ1v) is 7.30. The number of anilines is 1. The third-order valence-electron chi connectivity index (χ3n) is 3.37. The summed E-state index contributed by atoms with van der Waals surface area (Å²) < 4.78 is 15.0. The molecule has 6 heteroatoms.